The number of nitrogens with zero attached hydrogens (tertiary/aromatic N) is 1. The first-order chi connectivity index (χ1) is 17.5. The number of benzene rings is 3. The number of para-hydroxylation sites is 1. The number of amides is 1. The van der Waals surface area contributed by atoms with Crippen molar-refractivity contribution in [3.63, 3.8) is 0 Å². The fraction of sp³-hybridized carbons (Fsp3) is 0.167. The minimum absolute atomic E-state index is 0.202. The van der Waals surface area contributed by atoms with Crippen molar-refractivity contribution in [1.82, 2.24) is 10.0 Å². The van der Waals surface area contributed by atoms with Crippen LogP contribution in [-0.4, -0.2) is 42.4 Å². The van der Waals surface area contributed by atoms with Crippen molar-refractivity contribution in [2.24, 2.45) is 0 Å². The van der Waals surface area contributed by atoms with Crippen LogP contribution in [-0.2, 0) is 32.5 Å². The van der Waals surface area contributed by atoms with Crippen molar-refractivity contribution in [1.29, 1.82) is 0 Å². The van der Waals surface area contributed by atoms with E-state index in [2.05, 4.69) is 10.0 Å². The number of rotatable bonds is 11. The van der Waals surface area contributed by atoms with Crippen molar-refractivity contribution in [2.45, 2.75) is 29.8 Å². The Balaban J connectivity index is 1.91. The number of nitrogens with two attached hydrogens (primary N) is 1. The Labute approximate surface area is 211 Å². The van der Waals surface area contributed by atoms with Crippen molar-refractivity contribution >= 4 is 33.3 Å². The van der Waals surface area contributed by atoms with E-state index in [1.807, 2.05) is 0 Å². The summed E-state index contributed by atoms with van der Waals surface area (Å²) in [4.78, 5) is 34.9. The lowest BCUT2D eigenvalue weighted by Crippen LogP contribution is -2.53. The molecule has 0 aliphatic carbocycles. The molecule has 3 aromatic rings. The van der Waals surface area contributed by atoms with Gasteiger partial charge in [-0.2, -0.15) is 4.72 Å². The van der Waals surface area contributed by atoms with Crippen molar-refractivity contribution in [3.8, 4) is 0 Å². The summed E-state index contributed by atoms with van der Waals surface area (Å²) in [6.07, 6.45) is -0.415. The van der Waals surface area contributed by atoms with Gasteiger partial charge < -0.3 is 16.2 Å². The van der Waals surface area contributed by atoms with Gasteiger partial charge in [0.1, 0.15) is 17.9 Å². The zero-order valence-electron chi connectivity index (χ0n) is 19.2. The highest BCUT2D eigenvalue weighted by Crippen LogP contribution is 2.23. The molecule has 0 radical (unpaired) electrons. The van der Waals surface area contributed by atoms with Crippen molar-refractivity contribution in [3.05, 3.63) is 99.9 Å². The summed E-state index contributed by atoms with van der Waals surface area (Å²) in [5.74, 6) is -2.90. The summed E-state index contributed by atoms with van der Waals surface area (Å²) >= 11 is 0. The highest BCUT2D eigenvalue weighted by Gasteiger charge is 2.32. The van der Waals surface area contributed by atoms with Crippen LogP contribution >= 0.6 is 0 Å². The van der Waals surface area contributed by atoms with Gasteiger partial charge in [0, 0.05) is 18.2 Å². The second-order valence-corrected chi connectivity index (χ2v) is 9.76. The topological polar surface area (TPSA) is 182 Å². The molecule has 0 heterocycles. The van der Waals surface area contributed by atoms with Crippen LogP contribution in [0, 0.1) is 15.9 Å². The number of nitro groups is 1. The van der Waals surface area contributed by atoms with E-state index in [0.717, 1.165) is 24.3 Å². The quantitative estimate of drug-likeness (QED) is 0.165. The molecule has 0 saturated carbocycles. The molecule has 0 bridgehead atoms. The predicted molar refractivity (Wildman–Crippen MR) is 131 cm³/mol. The average Bonchev–Trinajstić information content (AvgIpc) is 2.85. The number of carbonyl (C=O) groups is 2. The predicted octanol–water partition coefficient (Wildman–Crippen LogP) is 2.02. The molecular weight excluding hydrogens is 507 g/mol. The van der Waals surface area contributed by atoms with E-state index in [1.54, 1.807) is 12.1 Å². The number of nitro benzene ring substituents is 1. The monoisotopic (exact) mass is 530 g/mol. The second kappa shape index (κ2) is 11.6. The van der Waals surface area contributed by atoms with E-state index in [-0.39, 0.29) is 12.8 Å². The number of aliphatic carboxylic acids is 1. The first-order valence-corrected chi connectivity index (χ1v) is 12.3. The van der Waals surface area contributed by atoms with Crippen LogP contribution in [0.25, 0.3) is 0 Å². The second-order valence-electron chi connectivity index (χ2n) is 8.07. The van der Waals surface area contributed by atoms with Crippen LogP contribution in [0.2, 0.25) is 0 Å². The zero-order chi connectivity index (χ0) is 27.2. The van der Waals surface area contributed by atoms with Crippen LogP contribution in [0.1, 0.15) is 11.1 Å². The Kier molecular flexibility index (Phi) is 8.52. The lowest BCUT2D eigenvalue weighted by Gasteiger charge is -2.22. The Hall–Kier alpha value is -4.36. The molecule has 3 aromatic carbocycles. The van der Waals surface area contributed by atoms with Gasteiger partial charge in [0.05, 0.1) is 4.92 Å². The molecule has 2 unspecified atom stereocenters. The number of carbonyl (C=O) groups excluding carboxylic acids is 1. The van der Waals surface area contributed by atoms with Crippen molar-refractivity contribution < 1.29 is 32.4 Å². The number of carboxylic acids is 1. The van der Waals surface area contributed by atoms with Gasteiger partial charge in [-0.15, -0.1) is 0 Å². The molecule has 37 heavy (non-hydrogen) atoms. The zero-order valence-corrected chi connectivity index (χ0v) is 20.0. The third-order valence-corrected chi connectivity index (χ3v) is 6.87. The molecule has 3 rings (SSSR count). The highest BCUT2D eigenvalue weighted by molar-refractivity contribution is 7.89. The Morgan fingerprint density at radius 3 is 2.05 bits per heavy atom. The van der Waals surface area contributed by atoms with E-state index >= 15 is 0 Å². The van der Waals surface area contributed by atoms with Gasteiger partial charge in [0.2, 0.25) is 15.9 Å². The molecule has 0 spiro atoms. The fourth-order valence-electron chi connectivity index (χ4n) is 3.49. The van der Waals surface area contributed by atoms with Crippen LogP contribution in [0.15, 0.2) is 77.7 Å². The van der Waals surface area contributed by atoms with E-state index < -0.39 is 55.3 Å². The summed E-state index contributed by atoms with van der Waals surface area (Å²) in [5.41, 5.74) is 6.32. The number of hydrogen-bond donors (Lipinski definition) is 4. The van der Waals surface area contributed by atoms with E-state index in [1.165, 1.54) is 36.4 Å². The molecular formula is C24H23FN4O7S. The Morgan fingerprint density at radius 2 is 1.49 bits per heavy atom. The SMILES string of the molecule is Nc1ccc(CC(NS(=O)(=O)c2ccccc2[N+](=O)[O-])C(=O)NC(Cc2ccc(F)cc2)C(=O)O)cc1. The number of nitrogen functional groups attached to an aromatic ring is 1. The molecule has 0 fully saturated rings. The smallest absolute Gasteiger partial charge is 0.326 e. The first kappa shape index (κ1) is 27.2. The largest absolute Gasteiger partial charge is 0.480 e. The van der Waals surface area contributed by atoms with E-state index in [4.69, 9.17) is 5.73 Å². The van der Waals surface area contributed by atoms with Gasteiger partial charge in [0.15, 0.2) is 4.90 Å². The summed E-state index contributed by atoms with van der Waals surface area (Å²) in [7, 11) is -4.59. The first-order valence-electron chi connectivity index (χ1n) is 10.8. The number of sulfonamides is 1. The molecule has 2 atom stereocenters. The van der Waals surface area contributed by atoms with E-state index in [0.29, 0.717) is 16.8 Å². The van der Waals surface area contributed by atoms with Gasteiger partial charge >= 0.3 is 5.97 Å². The van der Waals surface area contributed by atoms with Gasteiger partial charge in [0.25, 0.3) is 5.69 Å². The molecule has 1 amide bonds. The molecule has 13 heteroatoms. The van der Waals surface area contributed by atoms with Crippen LogP contribution < -0.4 is 15.8 Å². The molecule has 0 aliphatic rings. The fourth-order valence-corrected chi connectivity index (χ4v) is 4.86. The Morgan fingerprint density at radius 1 is 0.946 bits per heavy atom. The third-order valence-electron chi connectivity index (χ3n) is 5.35. The minimum Gasteiger partial charge on any atom is -0.480 e. The maximum Gasteiger partial charge on any atom is 0.326 e. The average molecular weight is 531 g/mol. The number of halogens is 1. The Bertz CT molecular complexity index is 1400. The van der Waals surface area contributed by atoms with Gasteiger partial charge in [-0.3, -0.25) is 14.9 Å². The summed E-state index contributed by atoms with van der Waals surface area (Å²) in [6.45, 7) is 0. The van der Waals surface area contributed by atoms with Gasteiger partial charge in [-0.25, -0.2) is 17.6 Å². The molecule has 11 nitrogen and oxygen atoms in total. The summed E-state index contributed by atoms with van der Waals surface area (Å²) < 4.78 is 41.6. The lowest BCUT2D eigenvalue weighted by atomic mass is 10.0. The van der Waals surface area contributed by atoms with E-state index in [9.17, 15) is 37.6 Å². The number of anilines is 1. The maximum atomic E-state index is 13.2. The van der Waals surface area contributed by atoms with Crippen molar-refractivity contribution in [2.75, 3.05) is 5.73 Å². The summed E-state index contributed by atoms with van der Waals surface area (Å²) in [5, 5.41) is 23.3. The molecule has 0 aliphatic heterocycles. The van der Waals surface area contributed by atoms with Crippen LogP contribution in [0.3, 0.4) is 0 Å². The number of hydrogen-bond acceptors (Lipinski definition) is 7. The van der Waals surface area contributed by atoms with Gasteiger partial charge in [-0.1, -0.05) is 36.4 Å². The molecule has 194 valence electrons. The third kappa shape index (κ3) is 7.32. The number of nitrogens with one attached hydrogen (secondary N) is 2. The minimum atomic E-state index is -4.59. The summed E-state index contributed by atoms with van der Waals surface area (Å²) in [6, 6.07) is 12.8. The molecule has 0 saturated heterocycles. The maximum absolute atomic E-state index is 13.2. The lowest BCUT2D eigenvalue weighted by molar-refractivity contribution is -0.387. The van der Waals surface area contributed by atoms with Crippen LogP contribution in [0.5, 0.6) is 0 Å². The normalized spacial score (nSPS) is 12.9. The van der Waals surface area contributed by atoms with Gasteiger partial charge in [-0.05, 0) is 47.9 Å². The molecule has 5 N–H and O–H groups in total. The highest BCUT2D eigenvalue weighted by atomic mass is 32.2. The molecule has 0 aromatic heterocycles. The van der Waals surface area contributed by atoms with Crippen LogP contribution in [0.4, 0.5) is 15.8 Å². The number of carboxylic acid groups (broad SMARTS) is 1. The standard InChI is InChI=1S/C24H23FN4O7S/c25-17-9-5-15(6-10-17)14-20(24(31)32)27-23(30)19(13-16-7-11-18(26)12-8-16)28-37(35,36)22-4-2-1-3-21(22)29(33)34/h1-12,19-20,28H,13-14,26H2,(H,27,30)(H,31,32).